The van der Waals surface area contributed by atoms with Crippen molar-refractivity contribution in [2.24, 2.45) is 0 Å². The molecule has 1 unspecified atom stereocenters. The highest BCUT2D eigenvalue weighted by Crippen LogP contribution is 2.34. The fraction of sp³-hybridized carbons (Fsp3) is 0.273. The van der Waals surface area contributed by atoms with Gasteiger partial charge in [-0.15, -0.1) is 0 Å². The predicted molar refractivity (Wildman–Crippen MR) is 103 cm³/mol. The van der Waals surface area contributed by atoms with Gasteiger partial charge in [-0.25, -0.2) is 4.79 Å². The minimum absolute atomic E-state index is 0.284. The zero-order valence-electron chi connectivity index (χ0n) is 15.4. The zero-order chi connectivity index (χ0) is 18.7. The molecule has 134 valence electrons. The first-order valence-corrected chi connectivity index (χ1v) is 8.98. The molecule has 1 atom stereocenters. The first-order valence-electron chi connectivity index (χ1n) is 8.98. The summed E-state index contributed by atoms with van der Waals surface area (Å²) in [4.78, 5) is 24.5. The molecule has 0 radical (unpaired) electrons. The Morgan fingerprint density at radius 3 is 2.50 bits per heavy atom. The molecule has 0 aliphatic carbocycles. The van der Waals surface area contributed by atoms with Gasteiger partial charge in [0.1, 0.15) is 0 Å². The van der Waals surface area contributed by atoms with Crippen molar-refractivity contribution in [1.82, 2.24) is 4.40 Å². The molecule has 0 aliphatic rings. The molecular weight excluding hydrogens is 326 g/mol. The van der Waals surface area contributed by atoms with Crippen molar-refractivity contribution in [1.29, 1.82) is 0 Å². The van der Waals surface area contributed by atoms with E-state index in [9.17, 15) is 9.59 Å². The number of nitrogens with zero attached hydrogens (tertiary/aromatic N) is 1. The lowest BCUT2D eigenvalue weighted by Crippen LogP contribution is -2.06. The van der Waals surface area contributed by atoms with Crippen LogP contribution in [-0.2, 0) is 4.74 Å². The molecule has 0 amide bonds. The highest BCUT2D eigenvalue weighted by atomic mass is 16.5. The van der Waals surface area contributed by atoms with E-state index in [-0.39, 0.29) is 6.61 Å². The topological polar surface area (TPSA) is 47.8 Å². The van der Waals surface area contributed by atoms with Gasteiger partial charge >= 0.3 is 5.97 Å². The number of carbonyl (C=O) groups is 2. The summed E-state index contributed by atoms with van der Waals surface area (Å²) in [6.45, 7) is 6.40. The first kappa shape index (κ1) is 17.9. The van der Waals surface area contributed by atoms with E-state index in [4.69, 9.17) is 4.74 Å². The van der Waals surface area contributed by atoms with Crippen LogP contribution >= 0.6 is 0 Å². The summed E-state index contributed by atoms with van der Waals surface area (Å²) in [7, 11) is 0. The van der Waals surface area contributed by atoms with Gasteiger partial charge in [0.15, 0.2) is 6.29 Å². The molecule has 4 nitrogen and oxygen atoms in total. The molecular formula is C22H23NO3. The lowest BCUT2D eigenvalue weighted by atomic mass is 9.94. The van der Waals surface area contributed by atoms with Crippen molar-refractivity contribution < 1.29 is 14.3 Å². The Morgan fingerprint density at radius 1 is 1.15 bits per heavy atom. The molecule has 4 heteroatoms. The Hall–Kier alpha value is -2.88. The van der Waals surface area contributed by atoms with Crippen molar-refractivity contribution in [2.45, 2.75) is 33.1 Å². The van der Waals surface area contributed by atoms with Crippen LogP contribution in [0, 0.1) is 0 Å². The summed E-state index contributed by atoms with van der Waals surface area (Å²) in [6.07, 6.45) is 3.65. The number of benzene rings is 1. The average Bonchev–Trinajstić information content (AvgIpc) is 3.02. The van der Waals surface area contributed by atoms with E-state index in [1.165, 1.54) is 5.56 Å². The normalized spacial score (nSPS) is 12.1. The number of aromatic nitrogens is 1. The number of esters is 1. The lowest BCUT2D eigenvalue weighted by Gasteiger charge is -2.11. The number of hydrogen-bond acceptors (Lipinski definition) is 3. The summed E-state index contributed by atoms with van der Waals surface area (Å²) in [5, 5.41) is 0. The summed E-state index contributed by atoms with van der Waals surface area (Å²) in [5.41, 5.74) is 4.27. The highest BCUT2D eigenvalue weighted by molar-refractivity contribution is 6.09. The van der Waals surface area contributed by atoms with Crippen LogP contribution in [0.5, 0.6) is 0 Å². The Labute approximate surface area is 153 Å². The van der Waals surface area contributed by atoms with Gasteiger partial charge < -0.3 is 9.14 Å². The molecule has 2 aromatic heterocycles. The lowest BCUT2D eigenvalue weighted by molar-refractivity contribution is 0.0529. The molecule has 0 spiro atoms. The van der Waals surface area contributed by atoms with Gasteiger partial charge in [0.05, 0.1) is 23.4 Å². The largest absolute Gasteiger partial charge is 0.462 e. The molecule has 3 aromatic rings. The molecule has 0 saturated carbocycles. The van der Waals surface area contributed by atoms with Crippen molar-refractivity contribution in [2.75, 3.05) is 6.61 Å². The molecule has 0 saturated heterocycles. The van der Waals surface area contributed by atoms with E-state index in [2.05, 4.69) is 26.0 Å². The molecule has 0 fully saturated rings. The SMILES string of the molecule is CCOC(=O)c1c(-c2ccc(C(C)CC)cc2)c(C=O)n2ccccc12. The van der Waals surface area contributed by atoms with Crippen LogP contribution in [0.2, 0.25) is 0 Å². The van der Waals surface area contributed by atoms with E-state index in [1.807, 2.05) is 30.3 Å². The van der Waals surface area contributed by atoms with E-state index in [0.29, 0.717) is 28.3 Å². The second kappa shape index (κ2) is 7.56. The van der Waals surface area contributed by atoms with Gasteiger partial charge in [0, 0.05) is 11.8 Å². The average molecular weight is 349 g/mol. The van der Waals surface area contributed by atoms with Crippen LogP contribution in [-0.4, -0.2) is 23.3 Å². The molecule has 2 heterocycles. The van der Waals surface area contributed by atoms with Crippen molar-refractivity contribution in [3.63, 3.8) is 0 Å². The minimum atomic E-state index is -0.412. The number of aldehydes is 1. The molecule has 0 bridgehead atoms. The summed E-state index contributed by atoms with van der Waals surface area (Å²) < 4.78 is 7.01. The quantitative estimate of drug-likeness (QED) is 0.459. The molecule has 26 heavy (non-hydrogen) atoms. The zero-order valence-corrected chi connectivity index (χ0v) is 15.4. The van der Waals surface area contributed by atoms with Crippen molar-refractivity contribution in [3.8, 4) is 11.1 Å². The summed E-state index contributed by atoms with van der Waals surface area (Å²) in [5.74, 6) is 0.0533. The predicted octanol–water partition coefficient (Wildman–Crippen LogP) is 5.11. The smallest absolute Gasteiger partial charge is 0.340 e. The molecule has 0 N–H and O–H groups in total. The monoisotopic (exact) mass is 349 g/mol. The molecule has 0 aliphatic heterocycles. The van der Waals surface area contributed by atoms with Crippen LogP contribution in [0.4, 0.5) is 0 Å². The summed E-state index contributed by atoms with van der Waals surface area (Å²) in [6, 6.07) is 13.6. The van der Waals surface area contributed by atoms with E-state index >= 15 is 0 Å². The van der Waals surface area contributed by atoms with E-state index in [0.717, 1.165) is 18.3 Å². The minimum Gasteiger partial charge on any atom is -0.462 e. The second-order valence-corrected chi connectivity index (χ2v) is 6.36. The maximum atomic E-state index is 12.7. The second-order valence-electron chi connectivity index (χ2n) is 6.36. The Morgan fingerprint density at radius 2 is 1.88 bits per heavy atom. The Bertz CT molecular complexity index is 938. The van der Waals surface area contributed by atoms with Crippen LogP contribution < -0.4 is 0 Å². The van der Waals surface area contributed by atoms with Crippen molar-refractivity contribution >= 4 is 17.8 Å². The number of pyridine rings is 1. The third kappa shape index (κ3) is 3.03. The van der Waals surface area contributed by atoms with Gasteiger partial charge in [-0.05, 0) is 42.5 Å². The van der Waals surface area contributed by atoms with Gasteiger partial charge in [-0.3, -0.25) is 4.79 Å². The summed E-state index contributed by atoms with van der Waals surface area (Å²) >= 11 is 0. The van der Waals surface area contributed by atoms with Crippen LogP contribution in [0.1, 0.15) is 59.5 Å². The first-order chi connectivity index (χ1) is 12.6. The third-order valence-electron chi connectivity index (χ3n) is 4.85. The maximum absolute atomic E-state index is 12.7. The van der Waals surface area contributed by atoms with Crippen LogP contribution in [0.15, 0.2) is 48.7 Å². The van der Waals surface area contributed by atoms with Crippen LogP contribution in [0.25, 0.3) is 16.6 Å². The molecule has 1 aromatic carbocycles. The molecule has 3 rings (SSSR count). The number of fused-ring (bicyclic) bond motifs is 1. The number of rotatable bonds is 6. The Balaban J connectivity index is 2.25. The number of carbonyl (C=O) groups excluding carboxylic acids is 2. The number of ether oxygens (including phenoxy) is 1. The standard InChI is InChI=1S/C22H23NO3/c1-4-15(3)16-9-11-17(12-10-16)20-19(14-24)23-13-7-6-8-18(23)21(20)22(25)26-5-2/h6-15H,4-5H2,1-3H3. The van der Waals surface area contributed by atoms with E-state index < -0.39 is 5.97 Å². The Kier molecular flexibility index (Phi) is 5.21. The van der Waals surface area contributed by atoms with Gasteiger partial charge in [0.25, 0.3) is 0 Å². The third-order valence-corrected chi connectivity index (χ3v) is 4.85. The van der Waals surface area contributed by atoms with Crippen molar-refractivity contribution in [3.05, 3.63) is 65.5 Å². The number of hydrogen-bond donors (Lipinski definition) is 0. The van der Waals surface area contributed by atoms with Gasteiger partial charge in [-0.1, -0.05) is 44.2 Å². The van der Waals surface area contributed by atoms with E-state index in [1.54, 1.807) is 17.5 Å². The fourth-order valence-corrected chi connectivity index (χ4v) is 3.27. The van der Waals surface area contributed by atoms with Gasteiger partial charge in [-0.2, -0.15) is 0 Å². The highest BCUT2D eigenvalue weighted by Gasteiger charge is 2.25. The van der Waals surface area contributed by atoms with Crippen LogP contribution in [0.3, 0.4) is 0 Å². The maximum Gasteiger partial charge on any atom is 0.340 e. The van der Waals surface area contributed by atoms with Gasteiger partial charge in [0.2, 0.25) is 0 Å². The fourth-order valence-electron chi connectivity index (χ4n) is 3.27.